The number of carbonyl (C=O) groups excluding carboxylic acids is 1. The normalized spacial score (nSPS) is 20.0. The van der Waals surface area contributed by atoms with E-state index in [9.17, 15) is 4.79 Å². The molecule has 2 atom stereocenters. The van der Waals surface area contributed by atoms with Gasteiger partial charge in [0, 0.05) is 31.7 Å². The maximum Gasteiger partial charge on any atom is 0.253 e. The third-order valence-electron chi connectivity index (χ3n) is 5.18. The van der Waals surface area contributed by atoms with Gasteiger partial charge >= 0.3 is 0 Å². The molecule has 1 amide bonds. The van der Waals surface area contributed by atoms with E-state index in [1.165, 1.54) is 5.56 Å². The van der Waals surface area contributed by atoms with E-state index in [0.717, 1.165) is 42.8 Å². The Morgan fingerprint density at radius 3 is 2.58 bits per heavy atom. The monoisotopic (exact) mass is 353 g/mol. The first-order valence-electron chi connectivity index (χ1n) is 9.12. The van der Waals surface area contributed by atoms with E-state index in [2.05, 4.69) is 12.1 Å². The van der Waals surface area contributed by atoms with Gasteiger partial charge in [0.15, 0.2) is 0 Å². The van der Waals surface area contributed by atoms with Crippen molar-refractivity contribution < 1.29 is 14.3 Å². The van der Waals surface area contributed by atoms with Crippen molar-refractivity contribution >= 4 is 5.91 Å². The van der Waals surface area contributed by atoms with Crippen molar-refractivity contribution in [3.05, 3.63) is 65.2 Å². The van der Waals surface area contributed by atoms with E-state index in [1.54, 1.807) is 14.2 Å². The molecule has 0 saturated carbocycles. The van der Waals surface area contributed by atoms with Crippen molar-refractivity contribution in [2.24, 2.45) is 5.92 Å². The molecule has 2 aromatic rings. The number of hydrogen-bond donors (Lipinski definition) is 0. The first-order valence-corrected chi connectivity index (χ1v) is 9.12. The minimum atomic E-state index is 0.114. The zero-order valence-corrected chi connectivity index (χ0v) is 15.8. The Morgan fingerprint density at radius 2 is 1.92 bits per heavy atom. The quantitative estimate of drug-likeness (QED) is 0.822. The van der Waals surface area contributed by atoms with Crippen LogP contribution < -0.4 is 4.74 Å². The topological polar surface area (TPSA) is 38.8 Å². The van der Waals surface area contributed by atoms with Crippen LogP contribution in [-0.4, -0.2) is 44.2 Å². The van der Waals surface area contributed by atoms with Gasteiger partial charge in [-0.1, -0.05) is 29.8 Å². The van der Waals surface area contributed by atoms with Gasteiger partial charge in [-0.2, -0.15) is 0 Å². The minimum absolute atomic E-state index is 0.114. The Morgan fingerprint density at radius 1 is 1.15 bits per heavy atom. The molecule has 26 heavy (non-hydrogen) atoms. The van der Waals surface area contributed by atoms with Gasteiger partial charge < -0.3 is 14.4 Å². The van der Waals surface area contributed by atoms with Crippen molar-refractivity contribution in [1.82, 2.24) is 4.90 Å². The summed E-state index contributed by atoms with van der Waals surface area (Å²) in [5, 5.41) is 0. The van der Waals surface area contributed by atoms with E-state index >= 15 is 0 Å². The van der Waals surface area contributed by atoms with Crippen LogP contribution in [0.4, 0.5) is 0 Å². The molecule has 2 aromatic carbocycles. The van der Waals surface area contributed by atoms with E-state index < -0.39 is 0 Å². The number of rotatable bonds is 5. The molecule has 4 nitrogen and oxygen atoms in total. The van der Waals surface area contributed by atoms with Crippen molar-refractivity contribution in [3.8, 4) is 5.75 Å². The van der Waals surface area contributed by atoms with Gasteiger partial charge in [0.25, 0.3) is 5.91 Å². The summed E-state index contributed by atoms with van der Waals surface area (Å²) in [4.78, 5) is 14.9. The Kier molecular flexibility index (Phi) is 5.94. The predicted molar refractivity (Wildman–Crippen MR) is 103 cm³/mol. The predicted octanol–water partition coefficient (Wildman–Crippen LogP) is 3.72. The number of ether oxygens (including phenoxy) is 2. The number of methoxy groups -OCH3 is 2. The fraction of sp³-hybridized carbons (Fsp3) is 0.409. The number of hydrogen-bond acceptors (Lipinski definition) is 3. The number of amides is 1. The summed E-state index contributed by atoms with van der Waals surface area (Å²) in [6.45, 7) is 3.47. The molecule has 1 aliphatic rings. The molecule has 1 fully saturated rings. The molecule has 0 unspecified atom stereocenters. The molecule has 1 heterocycles. The Labute approximate surface area is 155 Å². The third-order valence-corrected chi connectivity index (χ3v) is 5.18. The summed E-state index contributed by atoms with van der Waals surface area (Å²) < 4.78 is 10.9. The fourth-order valence-electron chi connectivity index (χ4n) is 3.73. The molecule has 1 saturated heterocycles. The van der Waals surface area contributed by atoms with Gasteiger partial charge in [-0.25, -0.2) is 0 Å². The second-order valence-electron chi connectivity index (χ2n) is 7.00. The molecular weight excluding hydrogens is 326 g/mol. The fourth-order valence-corrected chi connectivity index (χ4v) is 3.73. The van der Waals surface area contributed by atoms with Gasteiger partial charge in [0.05, 0.1) is 13.2 Å². The van der Waals surface area contributed by atoms with Gasteiger partial charge in [0.2, 0.25) is 0 Å². The zero-order valence-electron chi connectivity index (χ0n) is 15.8. The van der Waals surface area contributed by atoms with Gasteiger partial charge in [0.1, 0.15) is 5.75 Å². The lowest BCUT2D eigenvalue weighted by molar-refractivity contribution is -0.00299. The number of piperidine rings is 1. The largest absolute Gasteiger partial charge is 0.497 e. The van der Waals surface area contributed by atoms with Crippen LogP contribution in [0.2, 0.25) is 0 Å². The highest BCUT2D eigenvalue weighted by molar-refractivity contribution is 5.94. The Balaban J connectivity index is 1.72. The second kappa shape index (κ2) is 8.37. The molecule has 138 valence electrons. The van der Waals surface area contributed by atoms with Crippen molar-refractivity contribution in [2.45, 2.75) is 25.9 Å². The first-order chi connectivity index (χ1) is 12.6. The summed E-state index contributed by atoms with van der Waals surface area (Å²) in [6.07, 6.45) is 1.94. The molecule has 4 heteroatoms. The zero-order chi connectivity index (χ0) is 18.5. The highest BCUT2D eigenvalue weighted by Crippen LogP contribution is 2.26. The van der Waals surface area contributed by atoms with Gasteiger partial charge in [-0.05, 0) is 49.6 Å². The SMILES string of the molecule is COc1ccc(C[C@H]2CN(C(=O)c3cccc(C)c3)CC[C@H]2OC)cc1. The molecule has 0 spiro atoms. The average molecular weight is 353 g/mol. The molecule has 0 bridgehead atoms. The smallest absolute Gasteiger partial charge is 0.253 e. The van der Waals surface area contributed by atoms with Gasteiger partial charge in [-0.3, -0.25) is 4.79 Å². The average Bonchev–Trinajstić information content (AvgIpc) is 2.68. The Hall–Kier alpha value is -2.33. The van der Waals surface area contributed by atoms with Crippen LogP contribution in [0.25, 0.3) is 0 Å². The molecule has 0 radical (unpaired) electrons. The highest BCUT2D eigenvalue weighted by atomic mass is 16.5. The number of benzene rings is 2. The Bertz CT molecular complexity index is 741. The summed E-state index contributed by atoms with van der Waals surface area (Å²) in [5.41, 5.74) is 3.11. The summed E-state index contributed by atoms with van der Waals surface area (Å²) >= 11 is 0. The lowest BCUT2D eigenvalue weighted by Crippen LogP contribution is -2.47. The third kappa shape index (κ3) is 4.25. The molecule has 3 rings (SSSR count). The van der Waals surface area contributed by atoms with E-state index in [1.807, 2.05) is 48.2 Å². The molecular formula is C22H27NO3. The number of likely N-dealkylation sites (tertiary alicyclic amines) is 1. The maximum atomic E-state index is 12.9. The number of carbonyl (C=O) groups is 1. The van der Waals surface area contributed by atoms with Crippen LogP contribution in [-0.2, 0) is 11.2 Å². The van der Waals surface area contributed by atoms with Crippen molar-refractivity contribution in [1.29, 1.82) is 0 Å². The summed E-state index contributed by atoms with van der Waals surface area (Å²) in [5.74, 6) is 1.26. The van der Waals surface area contributed by atoms with E-state index in [0.29, 0.717) is 0 Å². The summed E-state index contributed by atoms with van der Waals surface area (Å²) in [6, 6.07) is 16.0. The van der Waals surface area contributed by atoms with E-state index in [4.69, 9.17) is 9.47 Å². The second-order valence-corrected chi connectivity index (χ2v) is 7.00. The van der Waals surface area contributed by atoms with E-state index in [-0.39, 0.29) is 17.9 Å². The molecule has 0 N–H and O–H groups in total. The van der Waals surface area contributed by atoms with Crippen LogP contribution >= 0.6 is 0 Å². The molecule has 0 aromatic heterocycles. The first kappa shape index (κ1) is 18.5. The number of nitrogens with zero attached hydrogens (tertiary/aromatic N) is 1. The number of aryl methyl sites for hydroxylation is 1. The maximum absolute atomic E-state index is 12.9. The van der Waals surface area contributed by atoms with Gasteiger partial charge in [-0.15, -0.1) is 0 Å². The highest BCUT2D eigenvalue weighted by Gasteiger charge is 2.32. The molecule has 0 aliphatic carbocycles. The van der Waals surface area contributed by atoms with Crippen LogP contribution in [0, 0.1) is 12.8 Å². The van der Waals surface area contributed by atoms with Crippen LogP contribution in [0.15, 0.2) is 48.5 Å². The lowest BCUT2D eigenvalue weighted by atomic mass is 9.88. The summed E-state index contributed by atoms with van der Waals surface area (Å²) in [7, 11) is 3.44. The standard InChI is InChI=1S/C22H27NO3/c1-16-5-4-6-18(13-16)22(24)23-12-11-21(26-3)19(15-23)14-17-7-9-20(25-2)10-8-17/h4-10,13,19,21H,11-12,14-15H2,1-3H3/t19-,21+/m0/s1. The van der Waals surface area contributed by atoms with Crippen LogP contribution in [0.1, 0.15) is 27.9 Å². The lowest BCUT2D eigenvalue weighted by Gasteiger charge is -2.38. The van der Waals surface area contributed by atoms with Crippen molar-refractivity contribution in [2.75, 3.05) is 27.3 Å². The van der Waals surface area contributed by atoms with Crippen LogP contribution in [0.3, 0.4) is 0 Å². The van der Waals surface area contributed by atoms with Crippen molar-refractivity contribution in [3.63, 3.8) is 0 Å². The molecule has 1 aliphatic heterocycles. The van der Waals surface area contributed by atoms with Crippen LogP contribution in [0.5, 0.6) is 5.75 Å². The minimum Gasteiger partial charge on any atom is -0.497 e.